The van der Waals surface area contributed by atoms with Gasteiger partial charge in [0.05, 0.1) is 0 Å². The Labute approximate surface area is 120 Å². The molecule has 0 saturated carbocycles. The summed E-state index contributed by atoms with van der Waals surface area (Å²) in [6.07, 6.45) is 3.09. The number of hydrogen-bond acceptors (Lipinski definition) is 3. The van der Waals surface area contributed by atoms with Gasteiger partial charge in [0.15, 0.2) is 0 Å². The molecule has 1 rings (SSSR count). The third kappa shape index (κ3) is 4.64. The van der Waals surface area contributed by atoms with Crippen molar-refractivity contribution in [1.29, 1.82) is 0 Å². The number of aromatic nitrogens is 1. The monoisotopic (exact) mass is 301 g/mol. The maximum absolute atomic E-state index is 12.1. The minimum Gasteiger partial charge on any atom is -0.351 e. The third-order valence-electron chi connectivity index (χ3n) is 2.90. The Bertz CT molecular complexity index is 561. The Balaban J connectivity index is 2.91. The van der Waals surface area contributed by atoms with Crippen LogP contribution in [0.5, 0.6) is 0 Å². The molecule has 0 aromatic carbocycles. The van der Waals surface area contributed by atoms with Crippen LogP contribution in [0.3, 0.4) is 0 Å². The van der Waals surface area contributed by atoms with Crippen molar-refractivity contribution >= 4 is 15.9 Å². The number of primary sulfonamides is 1. The predicted molar refractivity (Wildman–Crippen MR) is 77.9 cm³/mol. The molecule has 1 heterocycles. The third-order valence-corrected chi connectivity index (χ3v) is 3.78. The second-order valence-corrected chi connectivity index (χ2v) is 6.80. The lowest BCUT2D eigenvalue weighted by molar-refractivity contribution is 0.0942. The van der Waals surface area contributed by atoms with Gasteiger partial charge in [0.25, 0.3) is 5.91 Å². The maximum atomic E-state index is 12.1. The molecule has 0 aliphatic rings. The van der Waals surface area contributed by atoms with Crippen molar-refractivity contribution in [2.45, 2.75) is 45.1 Å². The number of hydrogen-bond donors (Lipinski definition) is 2. The SMILES string of the molecule is CCCn1cc(S(N)(=O)=O)cc1C(=O)NCCC(C)C. The minimum atomic E-state index is -3.79. The summed E-state index contributed by atoms with van der Waals surface area (Å²) < 4.78 is 24.4. The fourth-order valence-corrected chi connectivity index (χ4v) is 2.37. The van der Waals surface area contributed by atoms with E-state index in [9.17, 15) is 13.2 Å². The number of carbonyl (C=O) groups excluding carboxylic acids is 1. The van der Waals surface area contributed by atoms with Crippen LogP contribution in [0.2, 0.25) is 0 Å². The summed E-state index contributed by atoms with van der Waals surface area (Å²) >= 11 is 0. The van der Waals surface area contributed by atoms with Crippen LogP contribution in [0, 0.1) is 5.92 Å². The van der Waals surface area contributed by atoms with Crippen LogP contribution in [-0.2, 0) is 16.6 Å². The highest BCUT2D eigenvalue weighted by Gasteiger charge is 2.18. The highest BCUT2D eigenvalue weighted by atomic mass is 32.2. The summed E-state index contributed by atoms with van der Waals surface area (Å²) in [6.45, 7) is 7.24. The molecule has 6 nitrogen and oxygen atoms in total. The second-order valence-electron chi connectivity index (χ2n) is 5.24. The van der Waals surface area contributed by atoms with Gasteiger partial charge in [0, 0.05) is 19.3 Å². The van der Waals surface area contributed by atoms with Crippen molar-refractivity contribution in [1.82, 2.24) is 9.88 Å². The van der Waals surface area contributed by atoms with Crippen molar-refractivity contribution in [2.24, 2.45) is 11.1 Å². The first-order valence-electron chi connectivity index (χ1n) is 6.76. The van der Waals surface area contributed by atoms with E-state index in [1.807, 2.05) is 6.92 Å². The van der Waals surface area contributed by atoms with Crippen LogP contribution in [0.4, 0.5) is 0 Å². The Morgan fingerprint density at radius 2 is 2.10 bits per heavy atom. The number of carbonyl (C=O) groups is 1. The Hall–Kier alpha value is -1.34. The van der Waals surface area contributed by atoms with Crippen LogP contribution in [-0.4, -0.2) is 25.4 Å². The van der Waals surface area contributed by atoms with Gasteiger partial charge in [0.2, 0.25) is 10.0 Å². The molecule has 7 heteroatoms. The molecular weight excluding hydrogens is 278 g/mol. The zero-order valence-corrected chi connectivity index (χ0v) is 13.0. The van der Waals surface area contributed by atoms with E-state index >= 15 is 0 Å². The predicted octanol–water partition coefficient (Wildman–Crippen LogP) is 1.32. The van der Waals surface area contributed by atoms with E-state index in [-0.39, 0.29) is 10.8 Å². The average Bonchev–Trinajstić information content (AvgIpc) is 2.72. The molecule has 3 N–H and O–H groups in total. The van der Waals surface area contributed by atoms with E-state index in [0.717, 1.165) is 12.8 Å². The molecule has 0 spiro atoms. The zero-order valence-electron chi connectivity index (χ0n) is 12.2. The second kappa shape index (κ2) is 6.90. The first-order valence-corrected chi connectivity index (χ1v) is 8.31. The van der Waals surface area contributed by atoms with Gasteiger partial charge in [-0.15, -0.1) is 0 Å². The van der Waals surface area contributed by atoms with Crippen LogP contribution in [0.1, 0.15) is 44.1 Å². The largest absolute Gasteiger partial charge is 0.351 e. The van der Waals surface area contributed by atoms with Crippen molar-refractivity contribution in [3.05, 3.63) is 18.0 Å². The first-order chi connectivity index (χ1) is 9.25. The molecule has 1 aromatic heterocycles. The van der Waals surface area contributed by atoms with Crippen LogP contribution < -0.4 is 10.5 Å². The number of nitrogens with one attached hydrogen (secondary N) is 1. The molecule has 1 amide bonds. The number of sulfonamides is 1. The summed E-state index contributed by atoms with van der Waals surface area (Å²) in [5.74, 6) is 0.228. The van der Waals surface area contributed by atoms with Gasteiger partial charge in [0.1, 0.15) is 10.6 Å². The Kier molecular flexibility index (Phi) is 5.76. The quantitative estimate of drug-likeness (QED) is 0.795. The van der Waals surface area contributed by atoms with Crippen LogP contribution in [0.25, 0.3) is 0 Å². The molecule has 114 valence electrons. The molecule has 0 fully saturated rings. The fraction of sp³-hybridized carbons (Fsp3) is 0.615. The number of rotatable bonds is 7. The molecule has 0 unspecified atom stereocenters. The fourth-order valence-electron chi connectivity index (χ4n) is 1.82. The van der Waals surface area contributed by atoms with Crippen molar-refractivity contribution in [3.63, 3.8) is 0 Å². The molecular formula is C13H23N3O3S. The van der Waals surface area contributed by atoms with Crippen molar-refractivity contribution in [2.75, 3.05) is 6.54 Å². The molecule has 0 radical (unpaired) electrons. The molecule has 0 atom stereocenters. The van der Waals surface area contributed by atoms with E-state index in [4.69, 9.17) is 5.14 Å². The smallest absolute Gasteiger partial charge is 0.267 e. The number of nitrogens with zero attached hydrogens (tertiary/aromatic N) is 1. The van der Waals surface area contributed by atoms with E-state index in [2.05, 4.69) is 19.2 Å². The summed E-state index contributed by atoms with van der Waals surface area (Å²) in [4.78, 5) is 12.1. The lowest BCUT2D eigenvalue weighted by atomic mass is 10.1. The van der Waals surface area contributed by atoms with Gasteiger partial charge in [-0.2, -0.15) is 0 Å². The zero-order chi connectivity index (χ0) is 15.3. The van der Waals surface area contributed by atoms with E-state index in [0.29, 0.717) is 24.7 Å². The summed E-state index contributed by atoms with van der Waals surface area (Å²) in [7, 11) is -3.79. The number of nitrogens with two attached hydrogens (primary N) is 1. The topological polar surface area (TPSA) is 94.2 Å². The van der Waals surface area contributed by atoms with Crippen LogP contribution in [0.15, 0.2) is 17.2 Å². The van der Waals surface area contributed by atoms with Crippen LogP contribution >= 0.6 is 0 Å². The average molecular weight is 301 g/mol. The van der Waals surface area contributed by atoms with Gasteiger partial charge in [-0.1, -0.05) is 20.8 Å². The maximum Gasteiger partial charge on any atom is 0.267 e. The summed E-state index contributed by atoms with van der Waals surface area (Å²) in [6, 6.07) is 1.33. The normalized spacial score (nSPS) is 11.8. The lowest BCUT2D eigenvalue weighted by Crippen LogP contribution is -2.27. The van der Waals surface area contributed by atoms with Gasteiger partial charge < -0.3 is 9.88 Å². The van der Waals surface area contributed by atoms with Crippen molar-refractivity contribution < 1.29 is 13.2 Å². The van der Waals surface area contributed by atoms with E-state index in [1.54, 1.807) is 4.57 Å². The highest BCUT2D eigenvalue weighted by molar-refractivity contribution is 7.89. The summed E-state index contributed by atoms with van der Waals surface area (Å²) in [5, 5.41) is 7.90. The van der Waals surface area contributed by atoms with E-state index in [1.165, 1.54) is 12.3 Å². The molecule has 0 bridgehead atoms. The first kappa shape index (κ1) is 16.7. The lowest BCUT2D eigenvalue weighted by Gasteiger charge is -2.09. The van der Waals surface area contributed by atoms with Gasteiger partial charge in [-0.3, -0.25) is 4.79 Å². The number of aryl methyl sites for hydroxylation is 1. The van der Waals surface area contributed by atoms with Gasteiger partial charge >= 0.3 is 0 Å². The van der Waals surface area contributed by atoms with Crippen molar-refractivity contribution in [3.8, 4) is 0 Å². The number of amides is 1. The molecule has 0 aliphatic carbocycles. The Morgan fingerprint density at radius 1 is 1.45 bits per heavy atom. The summed E-state index contributed by atoms with van der Waals surface area (Å²) in [5.41, 5.74) is 0.333. The molecule has 1 aromatic rings. The molecule has 20 heavy (non-hydrogen) atoms. The Morgan fingerprint density at radius 3 is 2.60 bits per heavy atom. The van der Waals surface area contributed by atoms with E-state index < -0.39 is 10.0 Å². The highest BCUT2D eigenvalue weighted by Crippen LogP contribution is 2.14. The molecule has 0 aliphatic heterocycles. The minimum absolute atomic E-state index is 0.0278. The standard InChI is InChI=1S/C13H23N3O3S/c1-4-7-16-9-11(20(14,18)19)8-12(16)13(17)15-6-5-10(2)3/h8-10H,4-7H2,1-3H3,(H,15,17)(H2,14,18,19). The van der Waals surface area contributed by atoms with Gasteiger partial charge in [-0.25, -0.2) is 13.6 Å². The van der Waals surface area contributed by atoms with Gasteiger partial charge in [-0.05, 0) is 24.8 Å². The molecule has 0 saturated heterocycles.